The van der Waals surface area contributed by atoms with Gasteiger partial charge in [0.25, 0.3) is 0 Å². The van der Waals surface area contributed by atoms with E-state index in [1.165, 1.54) is 21.8 Å². The summed E-state index contributed by atoms with van der Waals surface area (Å²) in [5.74, 6) is 1.13. The molecule has 0 aliphatic heterocycles. The smallest absolute Gasteiger partial charge is 0.240 e. The van der Waals surface area contributed by atoms with Crippen LogP contribution in [0.2, 0.25) is 0 Å². The monoisotopic (exact) mass is 510 g/mol. The molecule has 35 heavy (non-hydrogen) atoms. The normalized spacial score (nSPS) is 12.8. The number of imidazole rings is 1. The molecule has 0 saturated heterocycles. The van der Waals surface area contributed by atoms with Gasteiger partial charge in [-0.1, -0.05) is 61.1 Å². The molecule has 0 aliphatic carbocycles. The SMILES string of the molecule is Cc1ccc(-c2nc3sc(N(C)CC(=O)N[C@@H](c4cccs4)C(C)C)nn3c2NC(C)(C)C)cc1. The molecule has 0 aliphatic rings. The van der Waals surface area contributed by atoms with Crippen molar-refractivity contribution >= 4 is 44.5 Å². The Morgan fingerprint density at radius 2 is 1.89 bits per heavy atom. The van der Waals surface area contributed by atoms with Gasteiger partial charge in [-0.15, -0.1) is 16.4 Å². The Hall–Kier alpha value is -2.91. The first kappa shape index (κ1) is 25.2. The van der Waals surface area contributed by atoms with Crippen LogP contribution in [0.3, 0.4) is 0 Å². The molecule has 0 unspecified atom stereocenters. The topological polar surface area (TPSA) is 74.6 Å². The molecule has 7 nitrogen and oxygen atoms in total. The van der Waals surface area contributed by atoms with Crippen molar-refractivity contribution in [2.75, 3.05) is 23.8 Å². The average Bonchev–Trinajstić information content (AvgIpc) is 3.49. The van der Waals surface area contributed by atoms with Gasteiger partial charge in [-0.05, 0) is 45.1 Å². The summed E-state index contributed by atoms with van der Waals surface area (Å²) in [5, 5.41) is 14.4. The minimum Gasteiger partial charge on any atom is -0.364 e. The van der Waals surface area contributed by atoms with E-state index in [-0.39, 0.29) is 24.0 Å². The lowest BCUT2D eigenvalue weighted by Gasteiger charge is -2.23. The Bertz CT molecular complexity index is 1280. The summed E-state index contributed by atoms with van der Waals surface area (Å²) in [6.45, 7) is 12.9. The molecule has 1 amide bonds. The summed E-state index contributed by atoms with van der Waals surface area (Å²) in [5.41, 5.74) is 2.96. The number of amides is 1. The third kappa shape index (κ3) is 5.85. The van der Waals surface area contributed by atoms with Crippen LogP contribution < -0.4 is 15.5 Å². The van der Waals surface area contributed by atoms with Crippen molar-refractivity contribution in [1.82, 2.24) is 19.9 Å². The molecular weight excluding hydrogens is 476 g/mol. The molecule has 3 heterocycles. The largest absolute Gasteiger partial charge is 0.364 e. The number of likely N-dealkylation sites (N-methyl/N-ethyl adjacent to an activating group) is 1. The Labute approximate surface area is 215 Å². The predicted octanol–water partition coefficient (Wildman–Crippen LogP) is 5.99. The molecule has 4 rings (SSSR count). The summed E-state index contributed by atoms with van der Waals surface area (Å²) < 4.78 is 1.86. The Kier molecular flexibility index (Phi) is 7.19. The quantitative estimate of drug-likeness (QED) is 0.305. The van der Waals surface area contributed by atoms with Crippen LogP contribution >= 0.6 is 22.7 Å². The second-order valence-corrected chi connectivity index (χ2v) is 12.2. The van der Waals surface area contributed by atoms with Gasteiger partial charge in [0.05, 0.1) is 12.6 Å². The molecule has 0 fully saturated rings. The van der Waals surface area contributed by atoms with Crippen molar-refractivity contribution in [3.63, 3.8) is 0 Å². The van der Waals surface area contributed by atoms with Crippen LogP contribution in [0.1, 0.15) is 51.1 Å². The number of fused-ring (bicyclic) bond motifs is 1. The number of thiophene rings is 1. The molecule has 9 heteroatoms. The summed E-state index contributed by atoms with van der Waals surface area (Å²) in [7, 11) is 1.89. The number of nitrogens with one attached hydrogen (secondary N) is 2. The predicted molar refractivity (Wildman–Crippen MR) is 148 cm³/mol. The van der Waals surface area contributed by atoms with Crippen molar-refractivity contribution in [2.45, 2.75) is 53.1 Å². The number of carbonyl (C=O) groups is 1. The summed E-state index contributed by atoms with van der Waals surface area (Å²) >= 11 is 3.15. The Morgan fingerprint density at radius 3 is 2.49 bits per heavy atom. The van der Waals surface area contributed by atoms with E-state index in [1.54, 1.807) is 11.3 Å². The van der Waals surface area contributed by atoms with E-state index in [9.17, 15) is 4.79 Å². The fourth-order valence-electron chi connectivity index (χ4n) is 3.81. The second kappa shape index (κ2) is 9.99. The fourth-order valence-corrected chi connectivity index (χ4v) is 5.62. The molecule has 4 aromatic rings. The first-order valence-corrected chi connectivity index (χ1v) is 13.5. The van der Waals surface area contributed by atoms with Gasteiger partial charge in [0, 0.05) is 23.0 Å². The zero-order valence-electron chi connectivity index (χ0n) is 21.4. The number of rotatable bonds is 8. The van der Waals surface area contributed by atoms with E-state index in [1.807, 2.05) is 27.9 Å². The minimum absolute atomic E-state index is 0.00386. The minimum atomic E-state index is -0.168. The lowest BCUT2D eigenvalue weighted by molar-refractivity contribution is -0.120. The maximum atomic E-state index is 12.9. The van der Waals surface area contributed by atoms with Crippen molar-refractivity contribution in [3.8, 4) is 11.3 Å². The van der Waals surface area contributed by atoms with Gasteiger partial charge in [0.1, 0.15) is 5.69 Å². The van der Waals surface area contributed by atoms with Gasteiger partial charge in [-0.2, -0.15) is 4.52 Å². The molecule has 2 N–H and O–H groups in total. The van der Waals surface area contributed by atoms with Crippen molar-refractivity contribution < 1.29 is 4.79 Å². The highest BCUT2D eigenvalue weighted by Crippen LogP contribution is 2.34. The first-order chi connectivity index (χ1) is 16.5. The molecule has 1 atom stereocenters. The van der Waals surface area contributed by atoms with Crippen LogP contribution in [0, 0.1) is 12.8 Å². The summed E-state index contributed by atoms with van der Waals surface area (Å²) in [6, 6.07) is 12.5. The zero-order valence-corrected chi connectivity index (χ0v) is 23.0. The van der Waals surface area contributed by atoms with E-state index in [4.69, 9.17) is 10.1 Å². The van der Waals surface area contributed by atoms with Gasteiger partial charge in [-0.25, -0.2) is 4.98 Å². The van der Waals surface area contributed by atoms with Crippen LogP contribution in [0.15, 0.2) is 41.8 Å². The molecule has 1 aromatic carbocycles. The maximum absolute atomic E-state index is 12.9. The first-order valence-electron chi connectivity index (χ1n) is 11.8. The lowest BCUT2D eigenvalue weighted by Crippen LogP contribution is -2.38. The molecule has 0 spiro atoms. The van der Waals surface area contributed by atoms with Crippen molar-refractivity contribution in [1.29, 1.82) is 0 Å². The highest BCUT2D eigenvalue weighted by Gasteiger charge is 2.24. The van der Waals surface area contributed by atoms with Crippen LogP contribution in [0.5, 0.6) is 0 Å². The second-order valence-electron chi connectivity index (χ2n) is 10.3. The number of nitrogens with zero attached hydrogens (tertiary/aromatic N) is 4. The lowest BCUT2D eigenvalue weighted by atomic mass is 10.0. The fraction of sp³-hybridized carbons (Fsp3) is 0.423. The van der Waals surface area contributed by atoms with Crippen molar-refractivity contribution in [3.05, 3.63) is 52.2 Å². The number of carbonyl (C=O) groups excluding carboxylic acids is 1. The number of anilines is 2. The number of hydrogen-bond acceptors (Lipinski definition) is 7. The number of aryl methyl sites for hydroxylation is 1. The van der Waals surface area contributed by atoms with Crippen LogP contribution in [0.4, 0.5) is 10.9 Å². The molecule has 186 valence electrons. The Morgan fingerprint density at radius 1 is 1.17 bits per heavy atom. The van der Waals surface area contributed by atoms with Gasteiger partial charge in [-0.3, -0.25) is 4.79 Å². The Balaban J connectivity index is 1.58. The third-order valence-corrected chi connectivity index (χ3v) is 7.53. The van der Waals surface area contributed by atoms with Gasteiger partial charge >= 0.3 is 0 Å². The van der Waals surface area contributed by atoms with Gasteiger partial charge < -0.3 is 15.5 Å². The van der Waals surface area contributed by atoms with Gasteiger partial charge in [0.2, 0.25) is 16.0 Å². The third-order valence-electron chi connectivity index (χ3n) is 5.55. The molecule has 0 saturated carbocycles. The highest BCUT2D eigenvalue weighted by molar-refractivity contribution is 7.20. The van der Waals surface area contributed by atoms with Crippen LogP contribution in [-0.4, -0.2) is 39.6 Å². The van der Waals surface area contributed by atoms with Crippen LogP contribution in [-0.2, 0) is 4.79 Å². The maximum Gasteiger partial charge on any atom is 0.240 e. The number of hydrogen-bond donors (Lipinski definition) is 2. The van der Waals surface area contributed by atoms with E-state index in [2.05, 4.69) is 82.5 Å². The van der Waals surface area contributed by atoms with Gasteiger partial charge in [0.15, 0.2) is 5.82 Å². The zero-order chi connectivity index (χ0) is 25.3. The molecule has 3 aromatic heterocycles. The van der Waals surface area contributed by atoms with E-state index < -0.39 is 0 Å². The molecule has 0 radical (unpaired) electrons. The van der Waals surface area contributed by atoms with Crippen molar-refractivity contribution in [2.24, 2.45) is 5.92 Å². The average molecular weight is 511 g/mol. The van der Waals surface area contributed by atoms with E-state index in [0.717, 1.165) is 27.2 Å². The standard InChI is InChI=1S/C26H34N6OS2/c1-16(2)21(19-9-8-14-34-19)27-20(33)15-31(7)25-30-32-23(29-26(4,5)6)22(28-24(32)35-25)18-12-10-17(3)11-13-18/h8-14,16,21,29H,15H2,1-7H3,(H,27,33)/t21-/m1/s1. The molecule has 0 bridgehead atoms. The highest BCUT2D eigenvalue weighted by atomic mass is 32.1. The summed E-state index contributed by atoms with van der Waals surface area (Å²) in [6.07, 6.45) is 0. The van der Waals surface area contributed by atoms with Crippen LogP contribution in [0.25, 0.3) is 16.2 Å². The molecular formula is C26H34N6OS2. The van der Waals surface area contributed by atoms with E-state index in [0.29, 0.717) is 5.92 Å². The van der Waals surface area contributed by atoms with E-state index >= 15 is 0 Å². The number of benzene rings is 1. The number of aromatic nitrogens is 3. The summed E-state index contributed by atoms with van der Waals surface area (Å²) in [4.78, 5) is 21.7.